The number of hydrogen-bond acceptors (Lipinski definition) is 4. The van der Waals surface area contributed by atoms with E-state index in [1.165, 1.54) is 16.9 Å². The maximum atomic E-state index is 12.0. The van der Waals surface area contributed by atoms with Crippen molar-refractivity contribution in [3.05, 3.63) is 53.1 Å². The van der Waals surface area contributed by atoms with E-state index in [4.69, 9.17) is 16.3 Å². The first-order valence-electron chi connectivity index (χ1n) is 7.71. The molecule has 0 aliphatic heterocycles. The van der Waals surface area contributed by atoms with Gasteiger partial charge in [0.05, 0.1) is 10.2 Å². The van der Waals surface area contributed by atoms with E-state index in [1.54, 1.807) is 6.07 Å². The molecule has 1 N–H and O–H groups in total. The summed E-state index contributed by atoms with van der Waals surface area (Å²) in [6.45, 7) is 2.09. The van der Waals surface area contributed by atoms with Crippen LogP contribution in [0.4, 0.5) is 5.13 Å². The van der Waals surface area contributed by atoms with Crippen LogP contribution in [0.3, 0.4) is 0 Å². The monoisotopic (exact) mass is 360 g/mol. The summed E-state index contributed by atoms with van der Waals surface area (Å²) in [7, 11) is 0. The number of rotatable bonds is 6. The molecule has 0 aliphatic carbocycles. The average molecular weight is 361 g/mol. The Labute approximate surface area is 149 Å². The Balaban J connectivity index is 1.56. The minimum atomic E-state index is -0.238. The highest BCUT2D eigenvalue weighted by molar-refractivity contribution is 7.22. The van der Waals surface area contributed by atoms with Crippen molar-refractivity contribution in [2.75, 3.05) is 11.9 Å². The number of benzene rings is 2. The molecule has 1 aromatic heterocycles. The number of carbonyl (C=O) groups excluding carboxylic acids is 1. The van der Waals surface area contributed by atoms with Crippen molar-refractivity contribution in [3.8, 4) is 5.75 Å². The Bertz CT molecular complexity index is 846. The van der Waals surface area contributed by atoms with Gasteiger partial charge in [0.15, 0.2) is 11.7 Å². The minimum Gasteiger partial charge on any atom is -0.484 e. The van der Waals surface area contributed by atoms with Gasteiger partial charge in [-0.25, -0.2) is 4.98 Å². The summed E-state index contributed by atoms with van der Waals surface area (Å²) in [6.07, 6.45) is 2.15. The molecular formula is C18H17ClN2O2S. The number of amides is 1. The number of ether oxygens (including phenoxy) is 1. The summed E-state index contributed by atoms with van der Waals surface area (Å²) in [6, 6.07) is 13.3. The molecule has 1 heterocycles. The molecule has 0 radical (unpaired) electrons. The second kappa shape index (κ2) is 7.64. The molecule has 0 aliphatic rings. The van der Waals surface area contributed by atoms with Gasteiger partial charge in [-0.3, -0.25) is 10.1 Å². The Morgan fingerprint density at radius 1 is 1.25 bits per heavy atom. The minimum absolute atomic E-state index is 0.0518. The third-order valence-electron chi connectivity index (χ3n) is 3.43. The van der Waals surface area contributed by atoms with Crippen LogP contribution in [-0.2, 0) is 11.2 Å². The Kier molecular flexibility index (Phi) is 5.33. The molecule has 0 saturated heterocycles. The molecule has 0 saturated carbocycles. The summed E-state index contributed by atoms with van der Waals surface area (Å²) >= 11 is 7.34. The van der Waals surface area contributed by atoms with Gasteiger partial charge in [0.1, 0.15) is 5.75 Å². The van der Waals surface area contributed by atoms with Gasteiger partial charge in [-0.05, 0) is 42.3 Å². The van der Waals surface area contributed by atoms with Crippen LogP contribution in [0.5, 0.6) is 5.75 Å². The van der Waals surface area contributed by atoms with E-state index >= 15 is 0 Å². The fourth-order valence-electron chi connectivity index (χ4n) is 2.30. The van der Waals surface area contributed by atoms with Crippen LogP contribution in [0.1, 0.15) is 18.9 Å². The molecule has 6 heteroatoms. The number of anilines is 1. The smallest absolute Gasteiger partial charge is 0.264 e. The van der Waals surface area contributed by atoms with Crippen LogP contribution in [-0.4, -0.2) is 17.5 Å². The first kappa shape index (κ1) is 16.7. The van der Waals surface area contributed by atoms with Gasteiger partial charge >= 0.3 is 0 Å². The van der Waals surface area contributed by atoms with E-state index in [1.807, 2.05) is 36.4 Å². The molecule has 124 valence electrons. The Hall–Kier alpha value is -2.11. The number of thiazole rings is 1. The van der Waals surface area contributed by atoms with Gasteiger partial charge in [-0.1, -0.05) is 48.4 Å². The Morgan fingerprint density at radius 3 is 2.79 bits per heavy atom. The van der Waals surface area contributed by atoms with Crippen LogP contribution in [0, 0.1) is 0 Å². The van der Waals surface area contributed by atoms with Crippen LogP contribution >= 0.6 is 22.9 Å². The maximum absolute atomic E-state index is 12.0. The number of aromatic nitrogens is 1. The van der Waals surface area contributed by atoms with E-state index in [2.05, 4.69) is 17.2 Å². The second-order valence-corrected chi connectivity index (χ2v) is 6.83. The van der Waals surface area contributed by atoms with Crippen LogP contribution in [0.15, 0.2) is 42.5 Å². The van der Waals surface area contributed by atoms with Crippen molar-refractivity contribution in [2.24, 2.45) is 0 Å². The fourth-order valence-corrected chi connectivity index (χ4v) is 3.46. The molecule has 0 spiro atoms. The Morgan fingerprint density at radius 2 is 2.04 bits per heavy atom. The fraction of sp³-hybridized carbons (Fsp3) is 0.222. The lowest BCUT2D eigenvalue weighted by Crippen LogP contribution is -2.19. The lowest BCUT2D eigenvalue weighted by molar-refractivity contribution is -0.118. The molecule has 0 fully saturated rings. The zero-order chi connectivity index (χ0) is 16.9. The number of carbonyl (C=O) groups is 1. The third-order valence-corrected chi connectivity index (χ3v) is 4.60. The van der Waals surface area contributed by atoms with E-state index in [-0.39, 0.29) is 12.5 Å². The summed E-state index contributed by atoms with van der Waals surface area (Å²) in [5.74, 6) is 0.443. The van der Waals surface area contributed by atoms with Crippen molar-refractivity contribution in [2.45, 2.75) is 19.8 Å². The van der Waals surface area contributed by atoms with Gasteiger partial charge in [0.2, 0.25) is 0 Å². The highest BCUT2D eigenvalue weighted by Crippen LogP contribution is 2.28. The van der Waals surface area contributed by atoms with Crippen molar-refractivity contribution in [1.82, 2.24) is 4.98 Å². The van der Waals surface area contributed by atoms with Gasteiger partial charge in [-0.2, -0.15) is 0 Å². The van der Waals surface area contributed by atoms with E-state index in [0.29, 0.717) is 15.9 Å². The standard InChI is InChI=1S/C18H17ClN2O2S/c1-2-3-12-4-7-14(8-5-12)23-11-17(22)21-18-20-15-9-6-13(19)10-16(15)24-18/h4-10H,2-3,11H2,1H3,(H,20,21,22). The van der Waals surface area contributed by atoms with Gasteiger partial charge in [-0.15, -0.1) is 0 Å². The van der Waals surface area contributed by atoms with Gasteiger partial charge in [0, 0.05) is 5.02 Å². The SMILES string of the molecule is CCCc1ccc(OCC(=O)Nc2nc3ccc(Cl)cc3s2)cc1. The topological polar surface area (TPSA) is 51.2 Å². The van der Waals surface area contributed by atoms with Crippen molar-refractivity contribution >= 4 is 44.2 Å². The van der Waals surface area contributed by atoms with E-state index in [0.717, 1.165) is 23.1 Å². The van der Waals surface area contributed by atoms with Crippen molar-refractivity contribution in [1.29, 1.82) is 0 Å². The van der Waals surface area contributed by atoms with E-state index < -0.39 is 0 Å². The quantitative estimate of drug-likeness (QED) is 0.678. The molecule has 4 nitrogen and oxygen atoms in total. The highest BCUT2D eigenvalue weighted by atomic mass is 35.5. The van der Waals surface area contributed by atoms with Crippen LogP contribution in [0.2, 0.25) is 5.02 Å². The molecule has 24 heavy (non-hydrogen) atoms. The lowest BCUT2D eigenvalue weighted by atomic mass is 10.1. The number of halogens is 1. The molecular weight excluding hydrogens is 344 g/mol. The summed E-state index contributed by atoms with van der Waals surface area (Å²) in [4.78, 5) is 16.4. The molecule has 0 atom stereocenters. The van der Waals surface area contributed by atoms with Crippen molar-refractivity contribution in [3.63, 3.8) is 0 Å². The number of aryl methyl sites for hydroxylation is 1. The predicted octanol–water partition coefficient (Wildman–Crippen LogP) is 4.92. The molecule has 0 unspecified atom stereocenters. The van der Waals surface area contributed by atoms with Gasteiger partial charge in [0.25, 0.3) is 5.91 Å². The van der Waals surface area contributed by atoms with Crippen molar-refractivity contribution < 1.29 is 9.53 Å². The largest absolute Gasteiger partial charge is 0.484 e. The first-order chi connectivity index (χ1) is 11.6. The molecule has 3 aromatic rings. The number of nitrogens with one attached hydrogen (secondary N) is 1. The lowest BCUT2D eigenvalue weighted by Gasteiger charge is -2.06. The predicted molar refractivity (Wildman–Crippen MR) is 99.2 cm³/mol. The summed E-state index contributed by atoms with van der Waals surface area (Å²) < 4.78 is 6.45. The first-order valence-corrected chi connectivity index (χ1v) is 8.91. The zero-order valence-corrected chi connectivity index (χ0v) is 14.8. The van der Waals surface area contributed by atoms with Gasteiger partial charge < -0.3 is 4.74 Å². The van der Waals surface area contributed by atoms with Crippen LogP contribution < -0.4 is 10.1 Å². The zero-order valence-electron chi connectivity index (χ0n) is 13.2. The summed E-state index contributed by atoms with van der Waals surface area (Å²) in [5, 5.41) is 3.95. The number of fused-ring (bicyclic) bond motifs is 1. The van der Waals surface area contributed by atoms with E-state index in [9.17, 15) is 4.79 Å². The molecule has 1 amide bonds. The third kappa shape index (κ3) is 4.24. The van der Waals surface area contributed by atoms with Crippen LogP contribution in [0.25, 0.3) is 10.2 Å². The molecule has 2 aromatic carbocycles. The number of hydrogen-bond donors (Lipinski definition) is 1. The number of nitrogens with zero attached hydrogens (tertiary/aromatic N) is 1. The molecule has 0 bridgehead atoms. The molecule has 3 rings (SSSR count). The average Bonchev–Trinajstić information content (AvgIpc) is 2.95. The summed E-state index contributed by atoms with van der Waals surface area (Å²) in [5.41, 5.74) is 2.08. The maximum Gasteiger partial charge on any atom is 0.264 e. The normalized spacial score (nSPS) is 10.8. The highest BCUT2D eigenvalue weighted by Gasteiger charge is 2.09. The second-order valence-electron chi connectivity index (χ2n) is 5.36.